The zero-order valence-electron chi connectivity index (χ0n) is 18.9. The molecule has 7 heteroatoms. The molecule has 31 heavy (non-hydrogen) atoms. The number of nitrogens with zero attached hydrogens (tertiary/aromatic N) is 1. The quantitative estimate of drug-likeness (QED) is 0.594. The topological polar surface area (TPSA) is 77.1 Å². The Labute approximate surface area is 184 Å². The van der Waals surface area contributed by atoms with Crippen molar-refractivity contribution < 1.29 is 23.8 Å². The molecule has 2 amide bonds. The van der Waals surface area contributed by atoms with Gasteiger partial charge < -0.3 is 24.4 Å². The van der Waals surface area contributed by atoms with Crippen molar-refractivity contribution in [1.29, 1.82) is 0 Å². The molecule has 0 aromatic heterocycles. The van der Waals surface area contributed by atoms with Gasteiger partial charge in [-0.25, -0.2) is 0 Å². The molecule has 0 saturated carbocycles. The van der Waals surface area contributed by atoms with Crippen LogP contribution in [0.25, 0.3) is 0 Å². The molecule has 1 atom stereocenters. The van der Waals surface area contributed by atoms with Crippen molar-refractivity contribution in [2.75, 3.05) is 20.8 Å². The Bertz CT molecular complexity index is 832. The zero-order chi connectivity index (χ0) is 22.8. The minimum Gasteiger partial charge on any atom is -0.496 e. The van der Waals surface area contributed by atoms with Crippen LogP contribution in [0.2, 0.25) is 0 Å². The second-order valence-corrected chi connectivity index (χ2v) is 7.43. The van der Waals surface area contributed by atoms with Gasteiger partial charge in [-0.05, 0) is 25.8 Å². The number of rotatable bonds is 11. The van der Waals surface area contributed by atoms with Crippen molar-refractivity contribution >= 4 is 11.8 Å². The van der Waals surface area contributed by atoms with Crippen LogP contribution in [0.5, 0.6) is 17.2 Å². The van der Waals surface area contributed by atoms with Gasteiger partial charge in [-0.2, -0.15) is 0 Å². The van der Waals surface area contributed by atoms with Crippen LogP contribution < -0.4 is 19.5 Å². The highest BCUT2D eigenvalue weighted by atomic mass is 16.5. The molecule has 2 aromatic carbocycles. The van der Waals surface area contributed by atoms with Crippen LogP contribution in [0.1, 0.15) is 32.8 Å². The van der Waals surface area contributed by atoms with E-state index >= 15 is 0 Å². The number of carbonyl (C=O) groups excluding carboxylic acids is 2. The Hall–Kier alpha value is -3.22. The third-order valence-electron chi connectivity index (χ3n) is 4.70. The highest BCUT2D eigenvalue weighted by molar-refractivity contribution is 5.88. The van der Waals surface area contributed by atoms with E-state index in [1.807, 2.05) is 51.1 Å². The van der Waals surface area contributed by atoms with Gasteiger partial charge in [0.1, 0.15) is 23.3 Å². The standard InChI is InChI=1S/C24H32N2O5/c1-6-22(24(28)25-17(2)3)26(15-18-10-8-7-9-11-18)23(27)16-31-21-13-19(29-4)12-20(14-21)30-5/h7-14,17,22H,6,15-16H2,1-5H3,(H,25,28)/t22-/m0/s1. The highest BCUT2D eigenvalue weighted by Gasteiger charge is 2.29. The fourth-order valence-corrected chi connectivity index (χ4v) is 3.17. The molecule has 0 aliphatic heterocycles. The Morgan fingerprint density at radius 3 is 2.06 bits per heavy atom. The SMILES string of the molecule is CC[C@@H](C(=O)NC(C)C)N(Cc1ccccc1)C(=O)COc1cc(OC)cc(OC)c1. The Kier molecular flexibility index (Phi) is 9.18. The van der Waals surface area contributed by atoms with Gasteiger partial charge in [0, 0.05) is 30.8 Å². The maximum Gasteiger partial charge on any atom is 0.261 e. The highest BCUT2D eigenvalue weighted by Crippen LogP contribution is 2.27. The zero-order valence-corrected chi connectivity index (χ0v) is 18.9. The lowest BCUT2D eigenvalue weighted by atomic mass is 10.1. The third-order valence-corrected chi connectivity index (χ3v) is 4.70. The molecule has 0 fully saturated rings. The van der Waals surface area contributed by atoms with Crippen LogP contribution in [0.4, 0.5) is 0 Å². The number of ether oxygens (including phenoxy) is 3. The molecule has 0 aliphatic rings. The van der Waals surface area contributed by atoms with E-state index in [4.69, 9.17) is 14.2 Å². The van der Waals surface area contributed by atoms with Crippen molar-refractivity contribution in [3.05, 3.63) is 54.1 Å². The number of benzene rings is 2. The van der Waals surface area contributed by atoms with Gasteiger partial charge in [-0.1, -0.05) is 37.3 Å². The molecule has 0 bridgehead atoms. The summed E-state index contributed by atoms with van der Waals surface area (Å²) >= 11 is 0. The summed E-state index contributed by atoms with van der Waals surface area (Å²) in [5.74, 6) is 1.11. The number of hydrogen-bond acceptors (Lipinski definition) is 5. The summed E-state index contributed by atoms with van der Waals surface area (Å²) in [5.41, 5.74) is 0.940. The largest absolute Gasteiger partial charge is 0.496 e. The van der Waals surface area contributed by atoms with E-state index in [-0.39, 0.29) is 24.5 Å². The average molecular weight is 429 g/mol. The van der Waals surface area contributed by atoms with Crippen molar-refractivity contribution in [1.82, 2.24) is 10.2 Å². The first-order chi connectivity index (χ1) is 14.9. The third kappa shape index (κ3) is 7.20. The number of carbonyl (C=O) groups is 2. The Morgan fingerprint density at radius 2 is 1.55 bits per heavy atom. The van der Waals surface area contributed by atoms with E-state index in [1.165, 1.54) is 0 Å². The fourth-order valence-electron chi connectivity index (χ4n) is 3.17. The van der Waals surface area contributed by atoms with Gasteiger partial charge in [0.15, 0.2) is 6.61 Å². The first-order valence-corrected chi connectivity index (χ1v) is 10.4. The summed E-state index contributed by atoms with van der Waals surface area (Å²) < 4.78 is 16.2. The molecular weight excluding hydrogens is 396 g/mol. The van der Waals surface area contributed by atoms with Gasteiger partial charge >= 0.3 is 0 Å². The lowest BCUT2D eigenvalue weighted by Crippen LogP contribution is -2.51. The van der Waals surface area contributed by atoms with Crippen LogP contribution >= 0.6 is 0 Å². The maximum absolute atomic E-state index is 13.2. The molecule has 0 aliphatic carbocycles. The lowest BCUT2D eigenvalue weighted by Gasteiger charge is -2.31. The predicted molar refractivity (Wildman–Crippen MR) is 119 cm³/mol. The number of amides is 2. The molecular formula is C24H32N2O5. The number of nitrogens with one attached hydrogen (secondary N) is 1. The van der Waals surface area contributed by atoms with Gasteiger partial charge in [0.25, 0.3) is 5.91 Å². The summed E-state index contributed by atoms with van der Waals surface area (Å²) in [6, 6.07) is 14.1. The van der Waals surface area contributed by atoms with E-state index in [2.05, 4.69) is 5.32 Å². The molecule has 0 saturated heterocycles. The van der Waals surface area contributed by atoms with Gasteiger partial charge in [0.2, 0.25) is 5.91 Å². The lowest BCUT2D eigenvalue weighted by molar-refractivity contribution is -0.143. The first kappa shape index (κ1) is 24.1. The van der Waals surface area contributed by atoms with Crippen LogP contribution in [0.3, 0.4) is 0 Å². The Morgan fingerprint density at radius 1 is 0.968 bits per heavy atom. The summed E-state index contributed by atoms with van der Waals surface area (Å²) in [6.45, 7) is 5.78. The molecule has 0 heterocycles. The molecule has 0 unspecified atom stereocenters. The Balaban J connectivity index is 2.21. The number of methoxy groups -OCH3 is 2. The monoisotopic (exact) mass is 428 g/mol. The van der Waals surface area contributed by atoms with Crippen molar-refractivity contribution in [3.63, 3.8) is 0 Å². The van der Waals surface area contributed by atoms with Crippen LogP contribution in [0, 0.1) is 0 Å². The van der Waals surface area contributed by atoms with Crippen LogP contribution in [-0.2, 0) is 16.1 Å². The van der Waals surface area contributed by atoms with E-state index in [0.717, 1.165) is 5.56 Å². The minimum absolute atomic E-state index is 0.0178. The molecule has 2 aromatic rings. The van der Waals surface area contributed by atoms with E-state index in [9.17, 15) is 9.59 Å². The maximum atomic E-state index is 13.2. The van der Waals surface area contributed by atoms with Gasteiger partial charge in [0.05, 0.1) is 14.2 Å². The van der Waals surface area contributed by atoms with E-state index in [0.29, 0.717) is 30.2 Å². The number of hydrogen-bond donors (Lipinski definition) is 1. The molecule has 2 rings (SSSR count). The smallest absolute Gasteiger partial charge is 0.261 e. The van der Waals surface area contributed by atoms with Crippen molar-refractivity contribution in [2.45, 2.75) is 45.8 Å². The summed E-state index contributed by atoms with van der Waals surface area (Å²) in [6.07, 6.45) is 0.490. The summed E-state index contributed by atoms with van der Waals surface area (Å²) in [5, 5.41) is 2.91. The van der Waals surface area contributed by atoms with E-state index in [1.54, 1.807) is 37.3 Å². The van der Waals surface area contributed by atoms with Gasteiger partial charge in [-0.3, -0.25) is 9.59 Å². The molecule has 0 radical (unpaired) electrons. The fraction of sp³-hybridized carbons (Fsp3) is 0.417. The second-order valence-electron chi connectivity index (χ2n) is 7.43. The molecule has 0 spiro atoms. The van der Waals surface area contributed by atoms with Crippen LogP contribution in [-0.4, -0.2) is 49.6 Å². The minimum atomic E-state index is -0.599. The normalized spacial score (nSPS) is 11.5. The summed E-state index contributed by atoms with van der Waals surface area (Å²) in [7, 11) is 3.09. The van der Waals surface area contributed by atoms with Crippen LogP contribution in [0.15, 0.2) is 48.5 Å². The predicted octanol–water partition coefficient (Wildman–Crippen LogP) is 3.41. The second kappa shape index (κ2) is 11.8. The van der Waals surface area contributed by atoms with Crippen molar-refractivity contribution in [2.24, 2.45) is 0 Å². The molecule has 1 N–H and O–H groups in total. The van der Waals surface area contributed by atoms with Gasteiger partial charge in [-0.15, -0.1) is 0 Å². The van der Waals surface area contributed by atoms with Crippen molar-refractivity contribution in [3.8, 4) is 17.2 Å². The summed E-state index contributed by atoms with van der Waals surface area (Å²) in [4.78, 5) is 27.5. The average Bonchev–Trinajstić information content (AvgIpc) is 2.77. The molecule has 7 nitrogen and oxygen atoms in total. The first-order valence-electron chi connectivity index (χ1n) is 10.4. The van der Waals surface area contributed by atoms with E-state index < -0.39 is 6.04 Å². The molecule has 168 valence electrons.